The van der Waals surface area contributed by atoms with Gasteiger partial charge in [-0.05, 0) is 55.4 Å². The van der Waals surface area contributed by atoms with Crippen LogP contribution in [0.15, 0.2) is 17.0 Å². The number of ether oxygens (including phenoxy) is 1. The van der Waals surface area contributed by atoms with Crippen molar-refractivity contribution in [2.75, 3.05) is 26.7 Å². The molecule has 108 valence electrons. The SMILES string of the molecule is COc1ccc2c(c1F)SN([C@H]1CN3CCC1CC3)C2. The number of rotatable bonds is 2. The summed E-state index contributed by atoms with van der Waals surface area (Å²) in [6.45, 7) is 4.49. The zero-order valence-electron chi connectivity index (χ0n) is 11.6. The molecule has 4 aliphatic rings. The van der Waals surface area contributed by atoms with Crippen LogP contribution in [0.25, 0.3) is 0 Å². The van der Waals surface area contributed by atoms with Crippen molar-refractivity contribution in [1.29, 1.82) is 0 Å². The summed E-state index contributed by atoms with van der Waals surface area (Å²) in [5.41, 5.74) is 1.10. The molecule has 2 bridgehead atoms. The molecule has 3 fully saturated rings. The molecule has 1 aromatic carbocycles. The lowest BCUT2D eigenvalue weighted by Crippen LogP contribution is -2.55. The Kier molecular flexibility index (Phi) is 3.16. The van der Waals surface area contributed by atoms with Gasteiger partial charge in [0.05, 0.1) is 12.0 Å². The number of halogens is 1. The van der Waals surface area contributed by atoms with Crippen molar-refractivity contribution in [3.63, 3.8) is 0 Å². The van der Waals surface area contributed by atoms with E-state index >= 15 is 0 Å². The van der Waals surface area contributed by atoms with Crippen LogP contribution in [-0.4, -0.2) is 42.0 Å². The summed E-state index contributed by atoms with van der Waals surface area (Å²) in [6, 6.07) is 4.32. The molecule has 3 saturated heterocycles. The van der Waals surface area contributed by atoms with Crippen molar-refractivity contribution >= 4 is 11.9 Å². The molecule has 4 aliphatic heterocycles. The Morgan fingerprint density at radius 3 is 2.75 bits per heavy atom. The maximum Gasteiger partial charge on any atom is 0.180 e. The van der Waals surface area contributed by atoms with E-state index in [-0.39, 0.29) is 5.82 Å². The number of fused-ring (bicyclic) bond motifs is 4. The van der Waals surface area contributed by atoms with Crippen molar-refractivity contribution in [2.45, 2.75) is 30.3 Å². The van der Waals surface area contributed by atoms with Gasteiger partial charge >= 0.3 is 0 Å². The third-order valence-corrected chi connectivity index (χ3v) is 6.15. The summed E-state index contributed by atoms with van der Waals surface area (Å²) in [5, 5.41) is 0. The number of piperidine rings is 3. The van der Waals surface area contributed by atoms with Gasteiger partial charge in [0.15, 0.2) is 11.6 Å². The van der Waals surface area contributed by atoms with Crippen molar-refractivity contribution in [3.8, 4) is 5.75 Å². The molecule has 1 aromatic rings. The Morgan fingerprint density at radius 2 is 2.10 bits per heavy atom. The highest BCUT2D eigenvalue weighted by molar-refractivity contribution is 7.97. The third-order valence-electron chi connectivity index (χ3n) is 4.89. The fraction of sp³-hybridized carbons (Fsp3) is 0.600. The van der Waals surface area contributed by atoms with Crippen molar-refractivity contribution < 1.29 is 9.13 Å². The largest absolute Gasteiger partial charge is 0.494 e. The minimum atomic E-state index is -0.196. The van der Waals surface area contributed by atoms with Gasteiger partial charge in [-0.15, -0.1) is 0 Å². The Hall–Kier alpha value is -0.780. The Morgan fingerprint density at radius 1 is 1.30 bits per heavy atom. The summed E-state index contributed by atoms with van der Waals surface area (Å²) in [4.78, 5) is 3.31. The third kappa shape index (κ3) is 1.95. The molecule has 5 rings (SSSR count). The molecular weight excluding hydrogens is 275 g/mol. The highest BCUT2D eigenvalue weighted by atomic mass is 32.2. The van der Waals surface area contributed by atoms with Crippen LogP contribution < -0.4 is 4.74 Å². The van der Waals surface area contributed by atoms with Gasteiger partial charge in [-0.3, -0.25) is 0 Å². The normalized spacial score (nSPS) is 32.4. The first-order chi connectivity index (χ1) is 9.76. The molecule has 0 unspecified atom stereocenters. The van der Waals surface area contributed by atoms with Gasteiger partial charge in [0.25, 0.3) is 0 Å². The highest BCUT2D eigenvalue weighted by Gasteiger charge is 2.40. The van der Waals surface area contributed by atoms with Gasteiger partial charge in [0, 0.05) is 19.1 Å². The molecule has 4 heterocycles. The minimum absolute atomic E-state index is 0.196. The molecule has 0 amide bonds. The van der Waals surface area contributed by atoms with Crippen LogP contribution in [0, 0.1) is 11.7 Å². The monoisotopic (exact) mass is 294 g/mol. The Labute approximate surface area is 123 Å². The standard InChI is InChI=1S/C15H19FN2OS/c1-19-13-3-2-11-8-18(20-15(11)14(13)16)12-9-17-6-4-10(12)5-7-17/h2-3,10,12H,4-9H2,1H3/t12-/m0/s1. The van der Waals surface area contributed by atoms with E-state index in [0.717, 1.165) is 29.5 Å². The summed E-state index contributed by atoms with van der Waals surface area (Å²) in [7, 11) is 1.52. The topological polar surface area (TPSA) is 15.7 Å². The van der Waals surface area contributed by atoms with Gasteiger partial charge in [-0.2, -0.15) is 0 Å². The second kappa shape index (κ2) is 4.90. The van der Waals surface area contributed by atoms with E-state index in [2.05, 4.69) is 9.21 Å². The Bertz CT molecular complexity index is 531. The minimum Gasteiger partial charge on any atom is -0.494 e. The summed E-state index contributed by atoms with van der Waals surface area (Å²) in [5.74, 6) is 0.942. The van der Waals surface area contributed by atoms with Crippen molar-refractivity contribution in [3.05, 3.63) is 23.5 Å². The predicted octanol–water partition coefficient (Wildman–Crippen LogP) is 2.75. The number of hydrogen-bond donors (Lipinski definition) is 0. The maximum atomic E-state index is 14.3. The molecule has 20 heavy (non-hydrogen) atoms. The first kappa shape index (κ1) is 12.9. The van der Waals surface area contributed by atoms with Crippen LogP contribution in [0.1, 0.15) is 18.4 Å². The van der Waals surface area contributed by atoms with Gasteiger partial charge in [0.2, 0.25) is 0 Å². The van der Waals surface area contributed by atoms with E-state index in [9.17, 15) is 4.39 Å². The van der Waals surface area contributed by atoms with E-state index in [1.165, 1.54) is 33.0 Å². The molecule has 5 heteroatoms. The number of hydrogen-bond acceptors (Lipinski definition) is 4. The zero-order valence-corrected chi connectivity index (χ0v) is 12.5. The van der Waals surface area contributed by atoms with E-state index in [0.29, 0.717) is 11.8 Å². The van der Waals surface area contributed by atoms with Gasteiger partial charge in [-0.1, -0.05) is 6.07 Å². The van der Waals surface area contributed by atoms with E-state index < -0.39 is 0 Å². The molecule has 0 saturated carbocycles. The molecule has 0 aliphatic carbocycles. The molecule has 0 N–H and O–H groups in total. The molecule has 0 radical (unpaired) electrons. The van der Waals surface area contributed by atoms with Crippen LogP contribution in [0.3, 0.4) is 0 Å². The summed E-state index contributed by atoms with van der Waals surface area (Å²) < 4.78 is 21.8. The van der Waals surface area contributed by atoms with Crippen LogP contribution in [0.5, 0.6) is 5.75 Å². The summed E-state index contributed by atoms with van der Waals surface area (Å²) >= 11 is 1.59. The first-order valence-corrected chi connectivity index (χ1v) is 8.06. The number of methoxy groups -OCH3 is 1. The van der Waals surface area contributed by atoms with Crippen LogP contribution in [0.4, 0.5) is 4.39 Å². The lowest BCUT2D eigenvalue weighted by molar-refractivity contribution is 0.0420. The van der Waals surface area contributed by atoms with E-state index in [1.807, 2.05) is 6.07 Å². The zero-order chi connectivity index (χ0) is 13.7. The fourth-order valence-electron chi connectivity index (χ4n) is 3.72. The molecular formula is C15H19FN2OS. The maximum absolute atomic E-state index is 14.3. The van der Waals surface area contributed by atoms with Crippen LogP contribution in [0.2, 0.25) is 0 Å². The average molecular weight is 294 g/mol. The lowest BCUT2D eigenvalue weighted by Gasteiger charge is -2.47. The highest BCUT2D eigenvalue weighted by Crippen LogP contribution is 2.45. The van der Waals surface area contributed by atoms with Gasteiger partial charge in [0.1, 0.15) is 0 Å². The first-order valence-electron chi connectivity index (χ1n) is 7.28. The van der Waals surface area contributed by atoms with Crippen molar-refractivity contribution in [1.82, 2.24) is 9.21 Å². The number of benzene rings is 1. The van der Waals surface area contributed by atoms with E-state index in [4.69, 9.17) is 4.74 Å². The average Bonchev–Trinajstić information content (AvgIpc) is 2.94. The lowest BCUT2D eigenvalue weighted by atomic mass is 9.84. The predicted molar refractivity (Wildman–Crippen MR) is 77.3 cm³/mol. The Balaban J connectivity index is 1.58. The van der Waals surface area contributed by atoms with Gasteiger partial charge < -0.3 is 9.64 Å². The van der Waals surface area contributed by atoms with Gasteiger partial charge in [-0.25, -0.2) is 8.70 Å². The molecule has 0 aromatic heterocycles. The smallest absolute Gasteiger partial charge is 0.180 e. The molecule has 3 nitrogen and oxygen atoms in total. The summed E-state index contributed by atoms with van der Waals surface area (Å²) in [6.07, 6.45) is 2.59. The second-order valence-electron chi connectivity index (χ2n) is 5.94. The molecule has 1 atom stereocenters. The quantitative estimate of drug-likeness (QED) is 0.779. The van der Waals surface area contributed by atoms with Crippen molar-refractivity contribution in [2.24, 2.45) is 5.92 Å². The second-order valence-corrected chi connectivity index (χ2v) is 7.00. The molecule has 0 spiro atoms. The van der Waals surface area contributed by atoms with Crippen LogP contribution >= 0.6 is 11.9 Å². The van der Waals surface area contributed by atoms with E-state index in [1.54, 1.807) is 18.0 Å². The number of nitrogens with zero attached hydrogens (tertiary/aromatic N) is 2. The fourth-order valence-corrected chi connectivity index (χ4v) is 4.96. The van der Waals surface area contributed by atoms with Crippen LogP contribution in [-0.2, 0) is 6.54 Å².